The van der Waals surface area contributed by atoms with Gasteiger partial charge in [-0.1, -0.05) is 28.1 Å². The fourth-order valence-corrected chi connectivity index (χ4v) is 1.63. The summed E-state index contributed by atoms with van der Waals surface area (Å²) in [5.41, 5.74) is 6.72. The van der Waals surface area contributed by atoms with Crippen LogP contribution in [0.2, 0.25) is 0 Å². The molecule has 0 aliphatic heterocycles. The van der Waals surface area contributed by atoms with E-state index in [1.807, 2.05) is 31.2 Å². The first-order chi connectivity index (χ1) is 6.27. The number of rotatable bonds is 4. The summed E-state index contributed by atoms with van der Waals surface area (Å²) in [6.45, 7) is 3.18. The molecule has 0 fully saturated rings. The molecule has 2 N–H and O–H groups in total. The molecular weight excluding hydrogens is 230 g/mol. The predicted octanol–water partition coefficient (Wildman–Crippen LogP) is 2.49. The molecule has 2 nitrogen and oxygen atoms in total. The summed E-state index contributed by atoms with van der Waals surface area (Å²) in [7, 11) is 0. The van der Waals surface area contributed by atoms with Gasteiger partial charge in [-0.2, -0.15) is 0 Å². The zero-order valence-electron chi connectivity index (χ0n) is 7.66. The first-order valence-corrected chi connectivity index (χ1v) is 5.14. The molecule has 0 aromatic heterocycles. The molecule has 0 saturated heterocycles. The van der Waals surface area contributed by atoms with Crippen molar-refractivity contribution in [3.8, 4) is 0 Å². The minimum atomic E-state index is 0.0162. The minimum Gasteiger partial charge on any atom is -0.372 e. The molecule has 13 heavy (non-hydrogen) atoms. The van der Waals surface area contributed by atoms with Crippen LogP contribution in [-0.2, 0) is 4.74 Å². The van der Waals surface area contributed by atoms with Gasteiger partial charge in [0, 0.05) is 17.6 Å². The molecule has 0 saturated carbocycles. The van der Waals surface area contributed by atoms with Crippen LogP contribution >= 0.6 is 15.9 Å². The Labute approximate surface area is 87.2 Å². The topological polar surface area (TPSA) is 35.2 Å². The van der Waals surface area contributed by atoms with Crippen molar-refractivity contribution in [2.24, 2.45) is 5.73 Å². The third-order valence-corrected chi connectivity index (χ3v) is 2.30. The van der Waals surface area contributed by atoms with E-state index in [0.717, 1.165) is 10.0 Å². The van der Waals surface area contributed by atoms with Crippen LogP contribution in [-0.4, -0.2) is 13.2 Å². The van der Waals surface area contributed by atoms with Crippen LogP contribution in [0.5, 0.6) is 0 Å². The number of ether oxygens (including phenoxy) is 1. The van der Waals surface area contributed by atoms with Crippen molar-refractivity contribution in [1.29, 1.82) is 0 Å². The maximum absolute atomic E-state index is 5.60. The highest BCUT2D eigenvalue weighted by Gasteiger charge is 2.08. The summed E-state index contributed by atoms with van der Waals surface area (Å²) in [4.78, 5) is 0. The Bertz CT molecular complexity index is 265. The second-order valence-corrected chi connectivity index (χ2v) is 3.65. The molecule has 0 spiro atoms. The molecule has 72 valence electrons. The number of halogens is 1. The number of benzene rings is 1. The van der Waals surface area contributed by atoms with E-state index in [-0.39, 0.29) is 6.10 Å². The summed E-state index contributed by atoms with van der Waals surface area (Å²) < 4.78 is 6.54. The van der Waals surface area contributed by atoms with E-state index < -0.39 is 0 Å². The molecule has 0 bridgehead atoms. The molecule has 0 aliphatic rings. The molecule has 3 heteroatoms. The Balaban J connectivity index is 2.78. The van der Waals surface area contributed by atoms with Crippen molar-refractivity contribution in [1.82, 2.24) is 0 Å². The van der Waals surface area contributed by atoms with Crippen molar-refractivity contribution in [3.05, 3.63) is 34.3 Å². The third-order valence-electron chi connectivity index (χ3n) is 1.80. The van der Waals surface area contributed by atoms with E-state index in [1.54, 1.807) is 0 Å². The summed E-state index contributed by atoms with van der Waals surface area (Å²) in [6.07, 6.45) is 0.0162. The van der Waals surface area contributed by atoms with Crippen LogP contribution in [0, 0.1) is 0 Å². The molecule has 1 atom stereocenters. The van der Waals surface area contributed by atoms with Gasteiger partial charge >= 0.3 is 0 Å². The molecular formula is C10H14BrNO. The smallest absolute Gasteiger partial charge is 0.0947 e. The van der Waals surface area contributed by atoms with Crippen molar-refractivity contribution in [2.75, 3.05) is 13.2 Å². The van der Waals surface area contributed by atoms with Crippen molar-refractivity contribution >= 4 is 15.9 Å². The molecule has 0 heterocycles. The zero-order chi connectivity index (χ0) is 9.68. The summed E-state index contributed by atoms with van der Waals surface area (Å²) in [5.74, 6) is 0. The van der Waals surface area contributed by atoms with Crippen LogP contribution < -0.4 is 5.73 Å². The van der Waals surface area contributed by atoms with Gasteiger partial charge in [-0.3, -0.25) is 0 Å². The largest absolute Gasteiger partial charge is 0.372 e. The van der Waals surface area contributed by atoms with Crippen LogP contribution in [0.25, 0.3) is 0 Å². The maximum atomic E-state index is 5.60. The Hall–Kier alpha value is -0.380. The fourth-order valence-electron chi connectivity index (χ4n) is 1.21. The van der Waals surface area contributed by atoms with E-state index >= 15 is 0 Å². The second kappa shape index (κ2) is 5.37. The van der Waals surface area contributed by atoms with Gasteiger partial charge in [0.15, 0.2) is 0 Å². The lowest BCUT2D eigenvalue weighted by molar-refractivity contribution is 0.0688. The van der Waals surface area contributed by atoms with Gasteiger partial charge in [0.1, 0.15) is 0 Å². The quantitative estimate of drug-likeness (QED) is 0.883. The lowest BCUT2D eigenvalue weighted by Gasteiger charge is -2.15. The van der Waals surface area contributed by atoms with Crippen molar-refractivity contribution in [2.45, 2.75) is 13.0 Å². The van der Waals surface area contributed by atoms with E-state index in [1.165, 1.54) is 0 Å². The molecule has 1 unspecified atom stereocenters. The van der Waals surface area contributed by atoms with Gasteiger partial charge < -0.3 is 10.5 Å². The third kappa shape index (κ3) is 3.10. The summed E-state index contributed by atoms with van der Waals surface area (Å²) in [5, 5.41) is 0. The monoisotopic (exact) mass is 243 g/mol. The molecule has 0 amide bonds. The lowest BCUT2D eigenvalue weighted by atomic mass is 10.1. The van der Waals surface area contributed by atoms with E-state index in [9.17, 15) is 0 Å². The van der Waals surface area contributed by atoms with E-state index in [4.69, 9.17) is 10.5 Å². The molecule has 1 rings (SSSR count). The predicted molar refractivity (Wildman–Crippen MR) is 57.6 cm³/mol. The maximum Gasteiger partial charge on any atom is 0.0947 e. The van der Waals surface area contributed by atoms with Gasteiger partial charge in [-0.15, -0.1) is 0 Å². The minimum absolute atomic E-state index is 0.0162. The molecule has 1 aromatic carbocycles. The standard InChI is InChI=1S/C10H14BrNO/c1-2-13-10(7-12)8-4-3-5-9(11)6-8/h3-6,10H,2,7,12H2,1H3. The molecule has 1 aromatic rings. The van der Waals surface area contributed by atoms with Gasteiger partial charge in [0.2, 0.25) is 0 Å². The van der Waals surface area contributed by atoms with Crippen molar-refractivity contribution in [3.63, 3.8) is 0 Å². The Morgan fingerprint density at radius 2 is 2.31 bits per heavy atom. The first-order valence-electron chi connectivity index (χ1n) is 4.35. The second-order valence-electron chi connectivity index (χ2n) is 2.73. The highest BCUT2D eigenvalue weighted by Crippen LogP contribution is 2.20. The number of hydrogen-bond donors (Lipinski definition) is 1. The van der Waals surface area contributed by atoms with Crippen molar-refractivity contribution < 1.29 is 4.74 Å². The Kier molecular flexibility index (Phi) is 4.42. The molecule has 0 aliphatic carbocycles. The highest BCUT2D eigenvalue weighted by atomic mass is 79.9. The van der Waals surface area contributed by atoms with Gasteiger partial charge in [-0.25, -0.2) is 0 Å². The van der Waals surface area contributed by atoms with Crippen LogP contribution in [0.3, 0.4) is 0 Å². The summed E-state index contributed by atoms with van der Waals surface area (Å²) >= 11 is 3.41. The average molecular weight is 244 g/mol. The Morgan fingerprint density at radius 1 is 1.54 bits per heavy atom. The van der Waals surface area contributed by atoms with E-state index in [0.29, 0.717) is 13.2 Å². The van der Waals surface area contributed by atoms with Crippen LogP contribution in [0.4, 0.5) is 0 Å². The highest BCUT2D eigenvalue weighted by molar-refractivity contribution is 9.10. The van der Waals surface area contributed by atoms with Gasteiger partial charge in [0.05, 0.1) is 6.10 Å². The normalized spacial score (nSPS) is 12.8. The van der Waals surface area contributed by atoms with Crippen LogP contribution in [0.1, 0.15) is 18.6 Å². The lowest BCUT2D eigenvalue weighted by Crippen LogP contribution is -2.15. The van der Waals surface area contributed by atoms with Gasteiger partial charge in [-0.05, 0) is 24.6 Å². The number of nitrogens with two attached hydrogens (primary N) is 1. The summed E-state index contributed by atoms with van der Waals surface area (Å²) in [6, 6.07) is 8.04. The van der Waals surface area contributed by atoms with Gasteiger partial charge in [0.25, 0.3) is 0 Å². The Morgan fingerprint density at radius 3 is 2.85 bits per heavy atom. The van der Waals surface area contributed by atoms with Crippen LogP contribution in [0.15, 0.2) is 28.7 Å². The number of hydrogen-bond acceptors (Lipinski definition) is 2. The fraction of sp³-hybridized carbons (Fsp3) is 0.400. The molecule has 0 radical (unpaired) electrons. The van der Waals surface area contributed by atoms with E-state index in [2.05, 4.69) is 15.9 Å². The SMILES string of the molecule is CCOC(CN)c1cccc(Br)c1. The zero-order valence-corrected chi connectivity index (χ0v) is 9.25. The first kappa shape index (κ1) is 10.7. The average Bonchev–Trinajstić information content (AvgIpc) is 2.14.